The van der Waals surface area contributed by atoms with Crippen molar-refractivity contribution in [2.24, 2.45) is 28.6 Å². The molecule has 1 amide bonds. The fourth-order valence-corrected chi connectivity index (χ4v) is 7.98. The standard InChI is InChI=1S/C25H34ClNO2/c1-23-13-12-22(28)27-21(23)9-8-18-19(23)10-14-24(2)20(18)11-15-25(24,3)29-17-6-4-16(26)5-7-17/h4-7,18-21H,8-15H2,1-3H3,(H,27,28)/t18-,19-,20+,21?,23-,24+,25?/m1/s1. The van der Waals surface area contributed by atoms with Crippen molar-refractivity contribution in [3.63, 3.8) is 0 Å². The zero-order valence-electron chi connectivity index (χ0n) is 18.0. The molecule has 1 aromatic carbocycles. The van der Waals surface area contributed by atoms with E-state index in [2.05, 4.69) is 26.1 Å². The van der Waals surface area contributed by atoms with Gasteiger partial charge < -0.3 is 10.1 Å². The monoisotopic (exact) mass is 415 g/mol. The van der Waals surface area contributed by atoms with Crippen LogP contribution in [0.3, 0.4) is 0 Å². The summed E-state index contributed by atoms with van der Waals surface area (Å²) in [5.74, 6) is 3.41. The fraction of sp³-hybridized carbons (Fsp3) is 0.720. The Balaban J connectivity index is 1.40. The number of carbonyl (C=O) groups is 1. The van der Waals surface area contributed by atoms with Gasteiger partial charge in [-0.3, -0.25) is 4.79 Å². The number of halogens is 1. The van der Waals surface area contributed by atoms with Crippen LogP contribution in [0.15, 0.2) is 24.3 Å². The maximum absolute atomic E-state index is 12.0. The SMILES string of the molecule is CC1(Oc2ccc(Cl)cc2)CC[C@H]2[C@@H]3CCC4NC(=O)CC[C@]4(C)[C@@H]3CC[C@@]21C. The third-order valence-corrected chi connectivity index (χ3v) is 10.0. The average molecular weight is 416 g/mol. The van der Waals surface area contributed by atoms with Gasteiger partial charge in [0.25, 0.3) is 0 Å². The summed E-state index contributed by atoms with van der Waals surface area (Å²) in [7, 11) is 0. The Morgan fingerprint density at radius 2 is 1.69 bits per heavy atom. The van der Waals surface area contributed by atoms with Crippen LogP contribution in [0.2, 0.25) is 5.02 Å². The minimum absolute atomic E-state index is 0.130. The summed E-state index contributed by atoms with van der Waals surface area (Å²) < 4.78 is 6.70. The molecule has 3 saturated carbocycles. The summed E-state index contributed by atoms with van der Waals surface area (Å²) >= 11 is 6.07. The molecule has 2 unspecified atom stereocenters. The number of hydrogen-bond acceptors (Lipinski definition) is 2. The summed E-state index contributed by atoms with van der Waals surface area (Å²) in [5, 5.41) is 4.09. The lowest BCUT2D eigenvalue weighted by Crippen LogP contribution is -2.62. The molecule has 7 atom stereocenters. The van der Waals surface area contributed by atoms with Crippen LogP contribution in [0.1, 0.15) is 72.1 Å². The highest BCUT2D eigenvalue weighted by Crippen LogP contribution is 2.67. The van der Waals surface area contributed by atoms with Gasteiger partial charge in [0, 0.05) is 22.9 Å². The largest absolute Gasteiger partial charge is 0.487 e. The molecule has 1 aromatic rings. The molecule has 0 bridgehead atoms. The van der Waals surface area contributed by atoms with Gasteiger partial charge in [0.2, 0.25) is 5.91 Å². The molecule has 4 fully saturated rings. The van der Waals surface area contributed by atoms with Crippen molar-refractivity contribution in [2.75, 3.05) is 0 Å². The topological polar surface area (TPSA) is 38.3 Å². The molecule has 1 heterocycles. The molecule has 1 N–H and O–H groups in total. The van der Waals surface area contributed by atoms with Gasteiger partial charge in [0.05, 0.1) is 0 Å². The molecule has 5 rings (SSSR count). The lowest BCUT2D eigenvalue weighted by atomic mass is 9.46. The van der Waals surface area contributed by atoms with Crippen LogP contribution in [0.4, 0.5) is 0 Å². The van der Waals surface area contributed by atoms with E-state index in [9.17, 15) is 4.79 Å². The molecule has 1 aliphatic heterocycles. The fourth-order valence-electron chi connectivity index (χ4n) is 7.86. The number of nitrogens with one attached hydrogen (secondary N) is 1. The minimum atomic E-state index is -0.130. The Kier molecular flexibility index (Phi) is 4.52. The number of ether oxygens (including phenoxy) is 1. The van der Waals surface area contributed by atoms with Crippen molar-refractivity contribution in [1.29, 1.82) is 0 Å². The smallest absolute Gasteiger partial charge is 0.220 e. The van der Waals surface area contributed by atoms with Gasteiger partial charge in [-0.05, 0) is 99.3 Å². The molecular weight excluding hydrogens is 382 g/mol. The van der Waals surface area contributed by atoms with Crippen LogP contribution in [-0.2, 0) is 4.79 Å². The van der Waals surface area contributed by atoms with E-state index in [4.69, 9.17) is 16.3 Å². The average Bonchev–Trinajstić information content (AvgIpc) is 2.95. The molecule has 158 valence electrons. The van der Waals surface area contributed by atoms with Gasteiger partial charge in [-0.1, -0.05) is 25.4 Å². The maximum atomic E-state index is 12.0. The predicted octanol–water partition coefficient (Wildman–Crippen LogP) is 6.00. The Hall–Kier alpha value is -1.22. The van der Waals surface area contributed by atoms with E-state index in [1.807, 2.05) is 24.3 Å². The van der Waals surface area contributed by atoms with E-state index in [0.29, 0.717) is 18.4 Å². The first-order chi connectivity index (χ1) is 13.8. The van der Waals surface area contributed by atoms with E-state index in [1.165, 1.54) is 25.7 Å². The molecule has 0 radical (unpaired) electrons. The Morgan fingerprint density at radius 1 is 0.966 bits per heavy atom. The molecule has 0 aromatic heterocycles. The van der Waals surface area contributed by atoms with Gasteiger partial charge in [-0.2, -0.15) is 0 Å². The normalized spacial score (nSPS) is 46.3. The summed E-state index contributed by atoms with van der Waals surface area (Å²) in [4.78, 5) is 12.0. The van der Waals surface area contributed by atoms with Crippen LogP contribution in [0.5, 0.6) is 5.75 Å². The Labute approximate surface area is 179 Å². The second-order valence-electron chi connectivity index (χ2n) is 10.9. The number of hydrogen-bond donors (Lipinski definition) is 1. The summed E-state index contributed by atoms with van der Waals surface area (Å²) in [6.07, 6.45) is 9.03. The molecule has 1 saturated heterocycles. The minimum Gasteiger partial charge on any atom is -0.487 e. The van der Waals surface area contributed by atoms with Crippen molar-refractivity contribution in [1.82, 2.24) is 5.32 Å². The summed E-state index contributed by atoms with van der Waals surface area (Å²) in [6, 6.07) is 8.24. The van der Waals surface area contributed by atoms with Crippen molar-refractivity contribution in [3.05, 3.63) is 29.3 Å². The highest BCUT2D eigenvalue weighted by molar-refractivity contribution is 6.30. The van der Waals surface area contributed by atoms with E-state index >= 15 is 0 Å². The lowest BCUT2D eigenvalue weighted by Gasteiger charge is -2.61. The lowest BCUT2D eigenvalue weighted by molar-refractivity contribution is -0.144. The molecule has 3 aliphatic carbocycles. The number of piperidine rings is 1. The Bertz CT molecular complexity index is 810. The second-order valence-corrected chi connectivity index (χ2v) is 11.3. The van der Waals surface area contributed by atoms with Gasteiger partial charge in [0.15, 0.2) is 0 Å². The highest BCUT2D eigenvalue weighted by Gasteiger charge is 2.64. The number of rotatable bonds is 2. The van der Waals surface area contributed by atoms with E-state index in [0.717, 1.165) is 41.9 Å². The van der Waals surface area contributed by atoms with Crippen LogP contribution in [-0.4, -0.2) is 17.6 Å². The number of carbonyl (C=O) groups excluding carboxylic acids is 1. The molecule has 29 heavy (non-hydrogen) atoms. The third-order valence-electron chi connectivity index (χ3n) is 9.78. The molecule has 0 spiro atoms. The van der Waals surface area contributed by atoms with Crippen LogP contribution >= 0.6 is 11.6 Å². The van der Waals surface area contributed by atoms with Crippen molar-refractivity contribution in [2.45, 2.75) is 83.8 Å². The molecule has 4 heteroatoms. The van der Waals surface area contributed by atoms with E-state index in [1.54, 1.807) is 0 Å². The zero-order chi connectivity index (χ0) is 20.4. The molecular formula is C25H34ClNO2. The highest BCUT2D eigenvalue weighted by atomic mass is 35.5. The molecule has 4 aliphatic rings. The second kappa shape index (κ2) is 6.64. The summed E-state index contributed by atoms with van der Waals surface area (Å²) in [6.45, 7) is 7.30. The number of fused-ring (bicyclic) bond motifs is 5. The first kappa shape index (κ1) is 19.7. The number of benzene rings is 1. The zero-order valence-corrected chi connectivity index (χ0v) is 18.7. The van der Waals surface area contributed by atoms with E-state index in [-0.39, 0.29) is 22.3 Å². The number of amides is 1. The third kappa shape index (κ3) is 2.86. The van der Waals surface area contributed by atoms with Crippen molar-refractivity contribution in [3.8, 4) is 5.75 Å². The first-order valence-electron chi connectivity index (χ1n) is 11.5. The van der Waals surface area contributed by atoms with Gasteiger partial charge in [-0.25, -0.2) is 0 Å². The van der Waals surface area contributed by atoms with Crippen molar-refractivity contribution < 1.29 is 9.53 Å². The van der Waals surface area contributed by atoms with Gasteiger partial charge in [0.1, 0.15) is 11.4 Å². The maximum Gasteiger partial charge on any atom is 0.220 e. The quantitative estimate of drug-likeness (QED) is 0.643. The van der Waals surface area contributed by atoms with Crippen LogP contribution < -0.4 is 10.1 Å². The van der Waals surface area contributed by atoms with E-state index < -0.39 is 0 Å². The molecule has 3 nitrogen and oxygen atoms in total. The first-order valence-corrected chi connectivity index (χ1v) is 11.9. The van der Waals surface area contributed by atoms with Crippen LogP contribution in [0.25, 0.3) is 0 Å². The van der Waals surface area contributed by atoms with Crippen molar-refractivity contribution >= 4 is 17.5 Å². The Morgan fingerprint density at radius 3 is 2.45 bits per heavy atom. The predicted molar refractivity (Wildman–Crippen MR) is 116 cm³/mol. The summed E-state index contributed by atoms with van der Waals surface area (Å²) in [5.41, 5.74) is 0.345. The van der Waals surface area contributed by atoms with Gasteiger partial charge in [-0.15, -0.1) is 0 Å². The van der Waals surface area contributed by atoms with Gasteiger partial charge >= 0.3 is 0 Å². The van der Waals surface area contributed by atoms with Crippen LogP contribution in [0, 0.1) is 28.6 Å².